The lowest BCUT2D eigenvalue weighted by molar-refractivity contribution is -0.130. The number of aryl methyl sites for hydroxylation is 1. The molecule has 0 aromatic heterocycles. The molecule has 0 saturated carbocycles. The summed E-state index contributed by atoms with van der Waals surface area (Å²) in [7, 11) is 0. The van der Waals surface area contributed by atoms with E-state index in [9.17, 15) is 9.59 Å². The summed E-state index contributed by atoms with van der Waals surface area (Å²) >= 11 is 0. The van der Waals surface area contributed by atoms with Crippen LogP contribution in [0.1, 0.15) is 50.7 Å². The largest absolute Gasteiger partial charge is 0.351 e. The quantitative estimate of drug-likeness (QED) is 0.594. The van der Waals surface area contributed by atoms with Crippen molar-refractivity contribution in [2.75, 3.05) is 13.1 Å². The van der Waals surface area contributed by atoms with Crippen LogP contribution < -0.4 is 10.6 Å². The molecule has 2 atom stereocenters. The third kappa shape index (κ3) is 7.49. The van der Waals surface area contributed by atoms with Gasteiger partial charge in [-0.1, -0.05) is 80.9 Å². The van der Waals surface area contributed by atoms with E-state index in [1.165, 1.54) is 5.56 Å². The first-order valence-electron chi connectivity index (χ1n) is 11.9. The second-order valence-electron chi connectivity index (χ2n) is 8.96. The summed E-state index contributed by atoms with van der Waals surface area (Å²) in [6.07, 6.45) is 3.79. The average molecular weight is 436 g/mol. The van der Waals surface area contributed by atoms with Crippen LogP contribution in [0.3, 0.4) is 0 Å². The Kier molecular flexibility index (Phi) is 9.29. The first kappa shape index (κ1) is 24.0. The molecular weight excluding hydrogens is 398 g/mol. The molecule has 0 radical (unpaired) electrons. The molecule has 2 aromatic carbocycles. The van der Waals surface area contributed by atoms with E-state index in [2.05, 4.69) is 46.7 Å². The maximum atomic E-state index is 13.1. The van der Waals surface area contributed by atoms with Gasteiger partial charge in [-0.2, -0.15) is 0 Å². The van der Waals surface area contributed by atoms with Gasteiger partial charge < -0.3 is 10.6 Å². The molecule has 1 heterocycles. The molecule has 1 aliphatic heterocycles. The normalized spacial score (nSPS) is 16.8. The number of hydrogen-bond acceptors (Lipinski definition) is 3. The summed E-state index contributed by atoms with van der Waals surface area (Å²) in [6, 6.07) is 20.2. The Balaban J connectivity index is 1.46. The van der Waals surface area contributed by atoms with Crippen LogP contribution in [-0.2, 0) is 22.6 Å². The van der Waals surface area contributed by atoms with Gasteiger partial charge in [0.1, 0.15) is 6.04 Å². The van der Waals surface area contributed by atoms with Crippen LogP contribution in [0.2, 0.25) is 0 Å². The zero-order valence-electron chi connectivity index (χ0n) is 19.4. The van der Waals surface area contributed by atoms with E-state index in [-0.39, 0.29) is 23.8 Å². The van der Waals surface area contributed by atoms with Gasteiger partial charge >= 0.3 is 0 Å². The SMILES string of the molecule is CCC(C)C(NC(=O)CCc1ccccc1)C(=O)NC1CCN(Cc2ccccc2)CC1. The van der Waals surface area contributed by atoms with E-state index in [4.69, 9.17) is 0 Å². The molecule has 0 aliphatic carbocycles. The zero-order valence-corrected chi connectivity index (χ0v) is 19.4. The monoisotopic (exact) mass is 435 g/mol. The fourth-order valence-corrected chi connectivity index (χ4v) is 4.22. The second-order valence-corrected chi connectivity index (χ2v) is 8.96. The molecule has 5 heteroatoms. The lowest BCUT2D eigenvalue weighted by Gasteiger charge is -2.34. The number of hydrogen-bond donors (Lipinski definition) is 2. The molecule has 1 aliphatic rings. The van der Waals surface area contributed by atoms with Crippen molar-refractivity contribution in [3.8, 4) is 0 Å². The summed E-state index contributed by atoms with van der Waals surface area (Å²) in [5.41, 5.74) is 2.46. The Bertz CT molecular complexity index is 832. The van der Waals surface area contributed by atoms with Crippen molar-refractivity contribution in [2.45, 2.75) is 64.6 Å². The van der Waals surface area contributed by atoms with Crippen molar-refractivity contribution >= 4 is 11.8 Å². The Morgan fingerprint density at radius 2 is 1.56 bits per heavy atom. The molecule has 32 heavy (non-hydrogen) atoms. The van der Waals surface area contributed by atoms with Crippen LogP contribution >= 0.6 is 0 Å². The first-order chi connectivity index (χ1) is 15.5. The molecule has 172 valence electrons. The van der Waals surface area contributed by atoms with E-state index >= 15 is 0 Å². The fourth-order valence-electron chi connectivity index (χ4n) is 4.22. The van der Waals surface area contributed by atoms with Gasteiger partial charge in [0.05, 0.1) is 0 Å². The molecule has 2 N–H and O–H groups in total. The van der Waals surface area contributed by atoms with Crippen molar-refractivity contribution in [1.29, 1.82) is 0 Å². The summed E-state index contributed by atoms with van der Waals surface area (Å²) in [6.45, 7) is 6.98. The molecule has 5 nitrogen and oxygen atoms in total. The molecule has 1 saturated heterocycles. The highest BCUT2D eigenvalue weighted by Gasteiger charge is 2.29. The van der Waals surface area contributed by atoms with Gasteiger partial charge in [-0.05, 0) is 36.3 Å². The molecule has 2 unspecified atom stereocenters. The van der Waals surface area contributed by atoms with Crippen molar-refractivity contribution in [2.24, 2.45) is 5.92 Å². The van der Waals surface area contributed by atoms with Crippen molar-refractivity contribution in [3.63, 3.8) is 0 Å². The van der Waals surface area contributed by atoms with E-state index in [1.807, 2.05) is 43.3 Å². The van der Waals surface area contributed by atoms with Crippen LogP contribution in [0.5, 0.6) is 0 Å². The number of rotatable bonds is 10. The lowest BCUT2D eigenvalue weighted by Crippen LogP contribution is -2.54. The molecule has 3 rings (SSSR count). The van der Waals surface area contributed by atoms with E-state index in [1.54, 1.807) is 0 Å². The van der Waals surface area contributed by atoms with Crippen molar-refractivity contribution in [3.05, 3.63) is 71.8 Å². The van der Waals surface area contributed by atoms with Gasteiger partial charge in [0, 0.05) is 32.1 Å². The Morgan fingerprint density at radius 1 is 0.969 bits per heavy atom. The Hall–Kier alpha value is -2.66. The third-order valence-corrected chi connectivity index (χ3v) is 6.48. The number of carbonyl (C=O) groups is 2. The number of nitrogens with one attached hydrogen (secondary N) is 2. The van der Waals surface area contributed by atoms with Gasteiger partial charge in [-0.15, -0.1) is 0 Å². The minimum absolute atomic E-state index is 0.0473. The zero-order chi connectivity index (χ0) is 22.8. The predicted molar refractivity (Wildman–Crippen MR) is 129 cm³/mol. The molecule has 0 bridgehead atoms. The highest BCUT2D eigenvalue weighted by molar-refractivity contribution is 5.88. The fraction of sp³-hybridized carbons (Fsp3) is 0.481. The average Bonchev–Trinajstić information content (AvgIpc) is 2.83. The van der Waals surface area contributed by atoms with Crippen LogP contribution in [0.4, 0.5) is 0 Å². The first-order valence-corrected chi connectivity index (χ1v) is 11.9. The minimum atomic E-state index is -0.481. The molecule has 2 aromatic rings. The van der Waals surface area contributed by atoms with Gasteiger partial charge in [-0.3, -0.25) is 14.5 Å². The molecule has 1 fully saturated rings. The van der Waals surface area contributed by atoms with Gasteiger partial charge in [-0.25, -0.2) is 0 Å². The summed E-state index contributed by atoms with van der Waals surface area (Å²) in [5.74, 6) is -0.0188. The third-order valence-electron chi connectivity index (χ3n) is 6.48. The van der Waals surface area contributed by atoms with Gasteiger partial charge in [0.15, 0.2) is 0 Å². The molecule has 0 spiro atoms. The highest BCUT2D eigenvalue weighted by atomic mass is 16.2. The van der Waals surface area contributed by atoms with Crippen LogP contribution in [-0.4, -0.2) is 41.9 Å². The number of carbonyl (C=O) groups excluding carboxylic acids is 2. The molecule has 2 amide bonds. The minimum Gasteiger partial charge on any atom is -0.351 e. The second kappa shape index (κ2) is 12.4. The number of nitrogens with zero attached hydrogens (tertiary/aromatic N) is 1. The Morgan fingerprint density at radius 3 is 2.16 bits per heavy atom. The predicted octanol–water partition coefficient (Wildman–Crippen LogP) is 3.93. The standard InChI is InChI=1S/C27H37N3O2/c1-3-21(2)26(29-25(31)15-14-22-10-6-4-7-11-22)27(32)28-24-16-18-30(19-17-24)20-23-12-8-5-9-13-23/h4-13,21,24,26H,3,14-20H2,1-2H3,(H,28,32)(H,29,31). The van der Waals surface area contributed by atoms with E-state index < -0.39 is 6.04 Å². The van der Waals surface area contributed by atoms with E-state index in [0.29, 0.717) is 12.8 Å². The number of benzene rings is 2. The summed E-state index contributed by atoms with van der Waals surface area (Å²) in [5, 5.41) is 6.22. The van der Waals surface area contributed by atoms with Crippen LogP contribution in [0.15, 0.2) is 60.7 Å². The highest BCUT2D eigenvalue weighted by Crippen LogP contribution is 2.15. The smallest absolute Gasteiger partial charge is 0.243 e. The van der Waals surface area contributed by atoms with Crippen LogP contribution in [0, 0.1) is 5.92 Å². The number of amides is 2. The van der Waals surface area contributed by atoms with Crippen molar-refractivity contribution < 1.29 is 9.59 Å². The van der Waals surface area contributed by atoms with Gasteiger partial charge in [0.25, 0.3) is 0 Å². The summed E-state index contributed by atoms with van der Waals surface area (Å²) < 4.78 is 0. The number of likely N-dealkylation sites (tertiary alicyclic amines) is 1. The van der Waals surface area contributed by atoms with Crippen molar-refractivity contribution in [1.82, 2.24) is 15.5 Å². The van der Waals surface area contributed by atoms with Crippen LogP contribution in [0.25, 0.3) is 0 Å². The topological polar surface area (TPSA) is 61.4 Å². The number of piperidine rings is 1. The Labute approximate surface area is 192 Å². The molecular formula is C27H37N3O2. The van der Waals surface area contributed by atoms with Gasteiger partial charge in [0.2, 0.25) is 11.8 Å². The summed E-state index contributed by atoms with van der Waals surface area (Å²) in [4.78, 5) is 28.1. The maximum Gasteiger partial charge on any atom is 0.243 e. The maximum absolute atomic E-state index is 13.1. The van der Waals surface area contributed by atoms with E-state index in [0.717, 1.165) is 44.5 Å². The lowest BCUT2D eigenvalue weighted by atomic mass is 9.96.